The van der Waals surface area contributed by atoms with Crippen LogP contribution in [0.4, 0.5) is 0 Å². The van der Waals surface area contributed by atoms with Gasteiger partial charge in [-0.15, -0.1) is 0 Å². The van der Waals surface area contributed by atoms with Crippen LogP contribution >= 0.6 is 15.8 Å². The van der Waals surface area contributed by atoms with Gasteiger partial charge in [0.25, 0.3) is 0 Å². The molecule has 0 aliphatic heterocycles. The van der Waals surface area contributed by atoms with E-state index in [9.17, 15) is 0 Å². The molecular formula is C30H32P2. The first-order chi connectivity index (χ1) is 15.7. The molecule has 0 radical (unpaired) electrons. The summed E-state index contributed by atoms with van der Waals surface area (Å²) in [6, 6.07) is 44.6. The van der Waals surface area contributed by atoms with E-state index in [1.807, 2.05) is 0 Å². The zero-order valence-electron chi connectivity index (χ0n) is 19.0. The SMILES string of the molecule is CC(CCC(C)P(c1ccccc1)c1ccccc1)P(c1ccccc1)c1ccccc1. The molecule has 4 rings (SSSR count). The van der Waals surface area contributed by atoms with Gasteiger partial charge in [0.1, 0.15) is 0 Å². The van der Waals surface area contributed by atoms with Crippen LogP contribution in [-0.2, 0) is 0 Å². The molecule has 2 unspecified atom stereocenters. The minimum atomic E-state index is -0.363. The summed E-state index contributed by atoms with van der Waals surface area (Å²) in [6.45, 7) is 4.93. The van der Waals surface area contributed by atoms with Gasteiger partial charge in [-0.3, -0.25) is 0 Å². The standard InChI is InChI=1S/C30H32P2/c1-25(31(27-15-7-3-8-16-27)28-17-9-4-10-18-28)23-24-26(2)32(29-19-11-5-12-20-29)30-21-13-6-14-22-30/h3-22,25-26H,23-24H2,1-2H3. The summed E-state index contributed by atoms with van der Waals surface area (Å²) in [5.74, 6) is 0. The van der Waals surface area contributed by atoms with E-state index in [1.54, 1.807) is 0 Å². The van der Waals surface area contributed by atoms with Crippen LogP contribution in [0.3, 0.4) is 0 Å². The van der Waals surface area contributed by atoms with Gasteiger partial charge in [0, 0.05) is 0 Å². The Labute approximate surface area is 196 Å². The first-order valence-electron chi connectivity index (χ1n) is 11.5. The molecule has 32 heavy (non-hydrogen) atoms. The number of benzene rings is 4. The lowest BCUT2D eigenvalue weighted by molar-refractivity contribution is 0.718. The van der Waals surface area contributed by atoms with Crippen molar-refractivity contribution in [2.75, 3.05) is 0 Å². The largest absolute Gasteiger partial charge is 0.0622 e. The van der Waals surface area contributed by atoms with Crippen molar-refractivity contribution in [3.8, 4) is 0 Å². The molecule has 162 valence electrons. The molecule has 0 spiro atoms. The van der Waals surface area contributed by atoms with E-state index < -0.39 is 0 Å². The lowest BCUT2D eigenvalue weighted by atomic mass is 10.2. The Morgan fingerprint density at radius 2 is 0.625 bits per heavy atom. The molecule has 0 fully saturated rings. The molecule has 4 aromatic carbocycles. The van der Waals surface area contributed by atoms with Gasteiger partial charge in [-0.25, -0.2) is 0 Å². The van der Waals surface area contributed by atoms with Crippen molar-refractivity contribution in [1.82, 2.24) is 0 Å². The second-order valence-electron chi connectivity index (χ2n) is 8.36. The van der Waals surface area contributed by atoms with Crippen LogP contribution in [0.5, 0.6) is 0 Å². The molecule has 0 aliphatic carbocycles. The molecule has 4 aromatic rings. The van der Waals surface area contributed by atoms with Gasteiger partial charge in [-0.05, 0) is 61.2 Å². The average Bonchev–Trinajstić information content (AvgIpc) is 2.86. The summed E-state index contributed by atoms with van der Waals surface area (Å²) in [5, 5.41) is 5.95. The van der Waals surface area contributed by atoms with Crippen LogP contribution in [0.15, 0.2) is 121 Å². The van der Waals surface area contributed by atoms with E-state index in [2.05, 4.69) is 135 Å². The third kappa shape index (κ3) is 5.75. The fraction of sp³-hybridized carbons (Fsp3) is 0.200. The first kappa shape index (κ1) is 22.9. The van der Waals surface area contributed by atoms with Crippen molar-refractivity contribution in [2.24, 2.45) is 0 Å². The Morgan fingerprint density at radius 3 is 0.844 bits per heavy atom. The van der Waals surface area contributed by atoms with E-state index in [-0.39, 0.29) is 15.8 Å². The third-order valence-corrected chi connectivity index (χ3v) is 11.7. The highest BCUT2D eigenvalue weighted by atomic mass is 31.1. The van der Waals surface area contributed by atoms with Crippen LogP contribution in [0.25, 0.3) is 0 Å². The minimum absolute atomic E-state index is 0.363. The molecule has 2 heteroatoms. The second-order valence-corrected chi connectivity index (χ2v) is 13.7. The lowest BCUT2D eigenvalue weighted by Crippen LogP contribution is -2.23. The fourth-order valence-corrected chi connectivity index (χ4v) is 9.83. The van der Waals surface area contributed by atoms with E-state index in [4.69, 9.17) is 0 Å². The number of rotatable bonds is 9. The highest BCUT2D eigenvalue weighted by Gasteiger charge is 2.25. The summed E-state index contributed by atoms with van der Waals surface area (Å²) in [5.41, 5.74) is 1.28. The molecule has 0 heterocycles. The zero-order valence-corrected chi connectivity index (χ0v) is 20.8. The first-order valence-corrected chi connectivity index (χ1v) is 14.3. The Balaban J connectivity index is 1.55. The van der Waals surface area contributed by atoms with E-state index in [1.165, 1.54) is 34.1 Å². The second kappa shape index (κ2) is 11.6. The maximum atomic E-state index is 2.46. The molecule has 0 bridgehead atoms. The van der Waals surface area contributed by atoms with Gasteiger partial charge < -0.3 is 0 Å². The molecule has 0 nitrogen and oxygen atoms in total. The summed E-state index contributed by atoms with van der Waals surface area (Å²) in [4.78, 5) is 0. The van der Waals surface area contributed by atoms with Crippen molar-refractivity contribution >= 4 is 37.1 Å². The van der Waals surface area contributed by atoms with E-state index in [0.717, 1.165) is 0 Å². The van der Waals surface area contributed by atoms with Crippen LogP contribution in [0, 0.1) is 0 Å². The summed E-state index contributed by atoms with van der Waals surface area (Å²) in [7, 11) is -0.727. The molecule has 0 N–H and O–H groups in total. The van der Waals surface area contributed by atoms with Gasteiger partial charge in [0.2, 0.25) is 0 Å². The van der Waals surface area contributed by atoms with Crippen LogP contribution in [0.2, 0.25) is 0 Å². The highest BCUT2D eigenvalue weighted by Crippen LogP contribution is 2.45. The zero-order chi connectivity index (χ0) is 22.2. The topological polar surface area (TPSA) is 0 Å². The maximum Gasteiger partial charge on any atom is -0.0157 e. The highest BCUT2D eigenvalue weighted by molar-refractivity contribution is 7.74. The van der Waals surface area contributed by atoms with Crippen molar-refractivity contribution in [3.63, 3.8) is 0 Å². The quantitative estimate of drug-likeness (QED) is 0.244. The van der Waals surface area contributed by atoms with Gasteiger partial charge in [-0.2, -0.15) is 0 Å². The molecule has 0 aromatic heterocycles. The fourth-order valence-electron chi connectivity index (χ4n) is 4.41. The minimum Gasteiger partial charge on any atom is -0.0622 e. The van der Waals surface area contributed by atoms with Gasteiger partial charge in [0.05, 0.1) is 0 Å². The number of hydrogen-bond acceptors (Lipinski definition) is 0. The van der Waals surface area contributed by atoms with Gasteiger partial charge in [-0.1, -0.05) is 135 Å². The Kier molecular flexibility index (Phi) is 8.28. The predicted molar refractivity (Wildman–Crippen MR) is 146 cm³/mol. The Hall–Kier alpha value is -2.26. The van der Waals surface area contributed by atoms with Gasteiger partial charge in [0.15, 0.2) is 0 Å². The Morgan fingerprint density at radius 1 is 0.406 bits per heavy atom. The van der Waals surface area contributed by atoms with E-state index in [0.29, 0.717) is 11.3 Å². The third-order valence-electron chi connectivity index (χ3n) is 6.02. The van der Waals surface area contributed by atoms with Gasteiger partial charge >= 0.3 is 0 Å². The number of hydrogen-bond donors (Lipinski definition) is 0. The molecule has 0 saturated carbocycles. The normalized spacial score (nSPS) is 13.2. The monoisotopic (exact) mass is 454 g/mol. The van der Waals surface area contributed by atoms with Crippen molar-refractivity contribution in [2.45, 2.75) is 38.0 Å². The smallest absolute Gasteiger partial charge is 0.0157 e. The lowest BCUT2D eigenvalue weighted by Gasteiger charge is -2.30. The van der Waals surface area contributed by atoms with Crippen molar-refractivity contribution < 1.29 is 0 Å². The van der Waals surface area contributed by atoms with Crippen LogP contribution in [-0.4, -0.2) is 11.3 Å². The molecule has 0 amide bonds. The molecule has 0 aliphatic rings. The molecule has 0 saturated heterocycles. The average molecular weight is 455 g/mol. The summed E-state index contributed by atoms with van der Waals surface area (Å²) >= 11 is 0. The summed E-state index contributed by atoms with van der Waals surface area (Å²) in [6.07, 6.45) is 2.49. The Bertz CT molecular complexity index is 881. The van der Waals surface area contributed by atoms with Crippen molar-refractivity contribution in [3.05, 3.63) is 121 Å². The van der Waals surface area contributed by atoms with Crippen LogP contribution < -0.4 is 21.2 Å². The molecular weight excluding hydrogens is 422 g/mol. The predicted octanol–water partition coefficient (Wildman–Crippen LogP) is 6.81. The van der Waals surface area contributed by atoms with Crippen molar-refractivity contribution in [1.29, 1.82) is 0 Å². The molecule has 2 atom stereocenters. The van der Waals surface area contributed by atoms with Crippen LogP contribution in [0.1, 0.15) is 26.7 Å². The van der Waals surface area contributed by atoms with E-state index >= 15 is 0 Å². The summed E-state index contributed by atoms with van der Waals surface area (Å²) < 4.78 is 0. The maximum absolute atomic E-state index is 2.46.